The molecule has 1 aromatic heterocycles. The first kappa shape index (κ1) is 12.1. The average Bonchev–Trinajstić information content (AvgIpc) is 3.02. The molecule has 2 aliphatic rings. The van der Waals surface area contributed by atoms with Crippen molar-refractivity contribution >= 4 is 17.2 Å². The lowest BCUT2D eigenvalue weighted by atomic mass is 10.3. The lowest BCUT2D eigenvalue weighted by Gasteiger charge is -2.30. The lowest BCUT2D eigenvalue weighted by molar-refractivity contribution is -0.135. The molecule has 0 saturated carbocycles. The Morgan fingerprint density at radius 1 is 1.50 bits per heavy atom. The highest BCUT2D eigenvalue weighted by Crippen LogP contribution is 2.26. The molecule has 2 aliphatic heterocycles. The van der Waals surface area contributed by atoms with E-state index in [1.807, 2.05) is 22.4 Å². The van der Waals surface area contributed by atoms with Crippen molar-refractivity contribution in [3.8, 4) is 0 Å². The summed E-state index contributed by atoms with van der Waals surface area (Å²) in [4.78, 5) is 14.9. The van der Waals surface area contributed by atoms with Crippen LogP contribution < -0.4 is 5.32 Å². The number of ether oxygens (including phenoxy) is 2. The fraction of sp³-hybridized carbons (Fsp3) is 0.583. The summed E-state index contributed by atoms with van der Waals surface area (Å²) >= 11 is 1.66. The predicted molar refractivity (Wildman–Crippen MR) is 67.3 cm³/mol. The van der Waals surface area contributed by atoms with Crippen molar-refractivity contribution in [1.82, 2.24) is 10.2 Å². The van der Waals surface area contributed by atoms with Gasteiger partial charge in [-0.1, -0.05) is 6.07 Å². The Labute approximate surface area is 110 Å². The van der Waals surface area contributed by atoms with Crippen LogP contribution in [0, 0.1) is 0 Å². The number of hydrogen-bond donors (Lipinski definition) is 1. The largest absolute Gasteiger partial charge is 0.376 e. The maximum Gasteiger partial charge on any atom is 0.238 e. The van der Waals surface area contributed by atoms with Crippen LogP contribution in [0.4, 0.5) is 0 Å². The molecule has 0 aliphatic carbocycles. The molecule has 0 aromatic carbocycles. The number of nitrogens with zero attached hydrogens (tertiary/aromatic N) is 1. The summed E-state index contributed by atoms with van der Waals surface area (Å²) in [5, 5.41) is 5.26. The van der Waals surface area contributed by atoms with Gasteiger partial charge in [-0.25, -0.2) is 0 Å². The molecule has 1 amide bonds. The number of thiophene rings is 1. The van der Waals surface area contributed by atoms with Gasteiger partial charge in [0.05, 0.1) is 39.0 Å². The molecule has 3 heterocycles. The molecular weight excluding hydrogens is 252 g/mol. The second-order valence-corrected chi connectivity index (χ2v) is 5.39. The van der Waals surface area contributed by atoms with E-state index >= 15 is 0 Å². The first-order chi connectivity index (χ1) is 8.84. The van der Waals surface area contributed by atoms with Gasteiger partial charge >= 0.3 is 0 Å². The molecule has 2 fully saturated rings. The molecule has 6 heteroatoms. The van der Waals surface area contributed by atoms with Crippen LogP contribution in [0.3, 0.4) is 0 Å². The second kappa shape index (κ2) is 5.36. The predicted octanol–water partition coefficient (Wildman–Crippen LogP) is 0.594. The zero-order valence-corrected chi connectivity index (χ0v) is 10.8. The zero-order chi connectivity index (χ0) is 12.4. The van der Waals surface area contributed by atoms with E-state index in [2.05, 4.69) is 5.32 Å². The minimum absolute atomic E-state index is 0.00920. The molecule has 3 rings (SSSR count). The molecule has 2 atom stereocenters. The summed E-state index contributed by atoms with van der Waals surface area (Å²) in [5.74, 6) is 0.127. The Bertz CT molecular complexity index is 403. The van der Waals surface area contributed by atoms with Crippen LogP contribution >= 0.6 is 11.3 Å². The summed E-state index contributed by atoms with van der Waals surface area (Å²) in [7, 11) is 0. The van der Waals surface area contributed by atoms with Gasteiger partial charge in [0.15, 0.2) is 0 Å². The fourth-order valence-corrected chi connectivity index (χ4v) is 3.12. The normalized spacial score (nSPS) is 28.9. The Balaban J connectivity index is 1.69. The molecule has 0 spiro atoms. The SMILES string of the molecule is O=C1CNC(c2cccs2)N1CC1COCCO1. The van der Waals surface area contributed by atoms with Crippen molar-refractivity contribution in [3.63, 3.8) is 0 Å². The average molecular weight is 268 g/mol. The quantitative estimate of drug-likeness (QED) is 0.872. The Hall–Kier alpha value is -0.950. The van der Waals surface area contributed by atoms with Crippen molar-refractivity contribution in [1.29, 1.82) is 0 Å². The van der Waals surface area contributed by atoms with Crippen LogP contribution in [0.2, 0.25) is 0 Å². The molecule has 1 aromatic rings. The third-order valence-corrected chi connectivity index (χ3v) is 4.10. The van der Waals surface area contributed by atoms with Gasteiger partial charge in [0.25, 0.3) is 0 Å². The van der Waals surface area contributed by atoms with E-state index in [4.69, 9.17) is 9.47 Å². The number of rotatable bonds is 3. The second-order valence-electron chi connectivity index (χ2n) is 4.41. The van der Waals surface area contributed by atoms with Gasteiger partial charge in [0.2, 0.25) is 5.91 Å². The van der Waals surface area contributed by atoms with Gasteiger partial charge in [-0.3, -0.25) is 10.1 Å². The van der Waals surface area contributed by atoms with Crippen molar-refractivity contribution in [2.45, 2.75) is 12.3 Å². The van der Waals surface area contributed by atoms with Gasteiger partial charge in [-0.05, 0) is 11.4 Å². The van der Waals surface area contributed by atoms with E-state index in [0.29, 0.717) is 32.9 Å². The highest BCUT2D eigenvalue weighted by atomic mass is 32.1. The first-order valence-electron chi connectivity index (χ1n) is 6.10. The molecule has 18 heavy (non-hydrogen) atoms. The van der Waals surface area contributed by atoms with Crippen LogP contribution in [-0.2, 0) is 14.3 Å². The van der Waals surface area contributed by atoms with Crippen LogP contribution in [-0.4, -0.2) is 49.8 Å². The van der Waals surface area contributed by atoms with Crippen LogP contribution in [0.25, 0.3) is 0 Å². The Kier molecular flexibility index (Phi) is 3.60. The first-order valence-corrected chi connectivity index (χ1v) is 6.98. The molecule has 2 saturated heterocycles. The smallest absolute Gasteiger partial charge is 0.238 e. The van der Waals surface area contributed by atoms with Crippen LogP contribution in [0.15, 0.2) is 17.5 Å². The summed E-state index contributed by atoms with van der Waals surface area (Å²) in [5.41, 5.74) is 0. The third kappa shape index (κ3) is 2.42. The van der Waals surface area contributed by atoms with E-state index in [1.54, 1.807) is 11.3 Å². The molecule has 1 N–H and O–H groups in total. The van der Waals surface area contributed by atoms with E-state index < -0.39 is 0 Å². The standard InChI is InChI=1S/C12H16N2O3S/c15-11-6-13-12(10-2-1-5-18-10)14(11)7-9-8-16-3-4-17-9/h1-2,5,9,12-13H,3-4,6-8H2. The van der Waals surface area contributed by atoms with E-state index in [-0.39, 0.29) is 18.2 Å². The molecule has 98 valence electrons. The minimum atomic E-state index is -0.0111. The van der Waals surface area contributed by atoms with Gasteiger partial charge in [-0.2, -0.15) is 0 Å². The summed E-state index contributed by atoms with van der Waals surface area (Å²) in [6.45, 7) is 2.83. The highest BCUT2D eigenvalue weighted by Gasteiger charge is 2.34. The van der Waals surface area contributed by atoms with Gasteiger partial charge in [0, 0.05) is 4.88 Å². The van der Waals surface area contributed by atoms with Crippen LogP contribution in [0.1, 0.15) is 11.0 Å². The summed E-state index contributed by atoms with van der Waals surface area (Å²) in [6.07, 6.45) is -0.0203. The van der Waals surface area contributed by atoms with E-state index in [9.17, 15) is 4.79 Å². The van der Waals surface area contributed by atoms with Gasteiger partial charge in [-0.15, -0.1) is 11.3 Å². The minimum Gasteiger partial charge on any atom is -0.376 e. The zero-order valence-electron chi connectivity index (χ0n) is 10.0. The Morgan fingerprint density at radius 2 is 2.44 bits per heavy atom. The molecule has 2 unspecified atom stereocenters. The monoisotopic (exact) mass is 268 g/mol. The van der Waals surface area contributed by atoms with Crippen molar-refractivity contribution in [2.75, 3.05) is 32.9 Å². The lowest BCUT2D eigenvalue weighted by Crippen LogP contribution is -2.42. The Morgan fingerprint density at radius 3 is 3.17 bits per heavy atom. The highest BCUT2D eigenvalue weighted by molar-refractivity contribution is 7.10. The van der Waals surface area contributed by atoms with Crippen molar-refractivity contribution in [2.24, 2.45) is 0 Å². The molecule has 5 nitrogen and oxygen atoms in total. The third-order valence-electron chi connectivity index (χ3n) is 3.18. The summed E-state index contributed by atoms with van der Waals surface area (Å²) < 4.78 is 11.0. The summed E-state index contributed by atoms with van der Waals surface area (Å²) in [6, 6.07) is 4.05. The molecule has 0 bridgehead atoms. The molecular formula is C12H16N2O3S. The van der Waals surface area contributed by atoms with Crippen molar-refractivity contribution in [3.05, 3.63) is 22.4 Å². The number of amides is 1. The maximum absolute atomic E-state index is 11.9. The maximum atomic E-state index is 11.9. The number of carbonyl (C=O) groups is 1. The number of nitrogens with one attached hydrogen (secondary N) is 1. The van der Waals surface area contributed by atoms with E-state index in [1.165, 1.54) is 0 Å². The van der Waals surface area contributed by atoms with Crippen LogP contribution in [0.5, 0.6) is 0 Å². The fourth-order valence-electron chi connectivity index (χ4n) is 2.31. The van der Waals surface area contributed by atoms with Gasteiger partial charge < -0.3 is 14.4 Å². The number of hydrogen-bond acceptors (Lipinski definition) is 5. The van der Waals surface area contributed by atoms with E-state index in [0.717, 1.165) is 4.88 Å². The van der Waals surface area contributed by atoms with Crippen molar-refractivity contribution < 1.29 is 14.3 Å². The molecule has 0 radical (unpaired) electrons. The van der Waals surface area contributed by atoms with Gasteiger partial charge in [0.1, 0.15) is 6.17 Å². The topological polar surface area (TPSA) is 50.8 Å². The number of carbonyl (C=O) groups excluding carboxylic acids is 1.